The van der Waals surface area contributed by atoms with Crippen molar-refractivity contribution in [3.8, 4) is 44.5 Å². The average Bonchev–Trinajstić information content (AvgIpc) is 4.11. The second kappa shape index (κ2) is 16.0. The molecule has 0 saturated carbocycles. The predicted octanol–water partition coefficient (Wildman–Crippen LogP) is 18.3. The van der Waals surface area contributed by atoms with Crippen LogP contribution >= 0.6 is 0 Å². The van der Waals surface area contributed by atoms with Gasteiger partial charge in [-0.1, -0.05) is 218 Å². The van der Waals surface area contributed by atoms with Gasteiger partial charge in [0.15, 0.2) is 0 Å². The highest BCUT2D eigenvalue weighted by Gasteiger charge is 2.48. The van der Waals surface area contributed by atoms with Gasteiger partial charge in [-0.15, -0.1) is 0 Å². The van der Waals surface area contributed by atoms with Gasteiger partial charge in [-0.3, -0.25) is 0 Å². The van der Waals surface area contributed by atoms with Crippen molar-refractivity contribution in [1.82, 2.24) is 0 Å². The Morgan fingerprint density at radius 3 is 1.41 bits per heavy atom. The summed E-state index contributed by atoms with van der Waals surface area (Å²) >= 11 is 0. The van der Waals surface area contributed by atoms with Crippen molar-refractivity contribution < 1.29 is 8.83 Å². The maximum Gasteiger partial charge on any atom is 0.143 e. The number of nitrogens with zero attached hydrogens (tertiary/aromatic N) is 1. The summed E-state index contributed by atoms with van der Waals surface area (Å²) in [6.07, 6.45) is 0. The van der Waals surface area contributed by atoms with Crippen molar-refractivity contribution >= 4 is 60.9 Å². The second-order valence-electron chi connectivity index (χ2n) is 18.3. The quantitative estimate of drug-likeness (QED) is 0.152. The number of benzene rings is 11. The fourth-order valence-electron chi connectivity index (χ4n) is 11.6. The highest BCUT2D eigenvalue weighted by Crippen LogP contribution is 2.60. The van der Waals surface area contributed by atoms with E-state index in [9.17, 15) is 0 Å². The van der Waals surface area contributed by atoms with Crippen molar-refractivity contribution in [2.24, 2.45) is 0 Å². The first-order valence-electron chi connectivity index (χ1n) is 24.0. The molecule has 11 aromatic carbocycles. The molecule has 0 unspecified atom stereocenters. The van der Waals surface area contributed by atoms with E-state index in [2.05, 4.69) is 248 Å². The van der Waals surface area contributed by atoms with Gasteiger partial charge in [0.05, 0.1) is 11.1 Å². The lowest BCUT2D eigenvalue weighted by Crippen LogP contribution is -2.29. The zero-order chi connectivity index (χ0) is 46.2. The molecule has 0 saturated heterocycles. The lowest BCUT2D eigenvalue weighted by atomic mass is 9.66. The number of furan rings is 2. The number of rotatable bonds is 8. The number of anilines is 3. The summed E-state index contributed by atoms with van der Waals surface area (Å²) in [6, 6.07) is 94.3. The van der Waals surface area contributed by atoms with Gasteiger partial charge in [0, 0.05) is 49.6 Å². The van der Waals surface area contributed by atoms with Gasteiger partial charge in [-0.2, -0.15) is 0 Å². The van der Waals surface area contributed by atoms with Gasteiger partial charge in [-0.25, -0.2) is 0 Å². The molecule has 0 fully saturated rings. The summed E-state index contributed by atoms with van der Waals surface area (Å²) < 4.78 is 13.3. The van der Waals surface area contributed by atoms with E-state index in [1.54, 1.807) is 0 Å². The predicted molar refractivity (Wildman–Crippen MR) is 289 cm³/mol. The topological polar surface area (TPSA) is 29.5 Å². The SMILES string of the molecule is c1ccc(-c2ccccc2N(c2ccc(-c3cccc4c3oc3ccccc34)cc2)c2ccc3c(c2)C(c2ccccc2)(c2ccccc2)c2c-3cccc2-c2cccc3c2oc2ccccc23)cc1. The van der Waals surface area contributed by atoms with Crippen LogP contribution in [0.2, 0.25) is 0 Å². The fraction of sp³-hybridized carbons (Fsp3) is 0.0149. The molecule has 3 nitrogen and oxygen atoms in total. The van der Waals surface area contributed by atoms with Crippen molar-refractivity contribution in [3.05, 3.63) is 283 Å². The van der Waals surface area contributed by atoms with Crippen molar-refractivity contribution in [2.75, 3.05) is 4.90 Å². The molecule has 2 aromatic heterocycles. The highest BCUT2D eigenvalue weighted by molar-refractivity contribution is 6.11. The van der Waals surface area contributed by atoms with Crippen molar-refractivity contribution in [2.45, 2.75) is 5.41 Å². The molecule has 70 heavy (non-hydrogen) atoms. The first kappa shape index (κ1) is 39.9. The van der Waals surface area contributed by atoms with Crippen molar-refractivity contribution in [1.29, 1.82) is 0 Å². The Bertz CT molecular complexity index is 4070. The molecule has 0 amide bonds. The molecule has 0 aliphatic heterocycles. The fourth-order valence-corrected chi connectivity index (χ4v) is 11.6. The molecular weight excluding hydrogens is 851 g/mol. The first-order chi connectivity index (χ1) is 34.7. The lowest BCUT2D eigenvalue weighted by molar-refractivity contribution is 0.669. The summed E-state index contributed by atoms with van der Waals surface area (Å²) in [5.74, 6) is 0. The molecule has 14 rings (SSSR count). The third kappa shape index (κ3) is 6.01. The molecule has 0 radical (unpaired) electrons. The standard InChI is InChI=1S/C67H43NO2/c1-4-19-44(20-5-1)50-25-10-13-34-61(50)68(48-39-37-45(38-40-48)51-28-16-31-57-53-26-11-14-35-62(53)69-65(51)57)49-41-42-52-55-29-17-30-56(59-33-18-32-58-54-27-12-15-36-63(54)70-66(58)59)64(55)67(60(52)43-49,46-21-6-2-7-22-46)47-23-8-3-9-24-47/h1-43H. The van der Waals surface area contributed by atoms with Crippen LogP contribution in [0.4, 0.5) is 17.1 Å². The molecule has 0 spiro atoms. The summed E-state index contributed by atoms with van der Waals surface area (Å²) in [7, 11) is 0. The normalized spacial score (nSPS) is 12.7. The van der Waals surface area contributed by atoms with Crippen LogP contribution in [0, 0.1) is 0 Å². The maximum atomic E-state index is 6.81. The minimum absolute atomic E-state index is 0.715. The number of para-hydroxylation sites is 5. The van der Waals surface area contributed by atoms with Crippen LogP contribution in [0.15, 0.2) is 270 Å². The van der Waals surface area contributed by atoms with E-state index < -0.39 is 5.41 Å². The van der Waals surface area contributed by atoms with Gasteiger partial charge in [0.25, 0.3) is 0 Å². The Morgan fingerprint density at radius 1 is 0.300 bits per heavy atom. The minimum Gasteiger partial charge on any atom is -0.455 e. The van der Waals surface area contributed by atoms with Crippen LogP contribution in [0.3, 0.4) is 0 Å². The van der Waals surface area contributed by atoms with E-state index in [1.165, 1.54) is 33.4 Å². The van der Waals surface area contributed by atoms with Crippen LogP contribution in [0.25, 0.3) is 88.4 Å². The summed E-state index contributed by atoms with van der Waals surface area (Å²) in [5, 5.41) is 4.47. The van der Waals surface area contributed by atoms with Crippen LogP contribution in [-0.2, 0) is 5.41 Å². The second-order valence-corrected chi connectivity index (χ2v) is 18.3. The molecule has 2 heterocycles. The highest BCUT2D eigenvalue weighted by atomic mass is 16.3. The lowest BCUT2D eigenvalue weighted by Gasteiger charge is -2.36. The largest absolute Gasteiger partial charge is 0.455 e. The Hall–Kier alpha value is -9.18. The number of hydrogen-bond acceptors (Lipinski definition) is 3. The van der Waals surface area contributed by atoms with Crippen LogP contribution in [-0.4, -0.2) is 0 Å². The van der Waals surface area contributed by atoms with E-state index >= 15 is 0 Å². The number of hydrogen-bond donors (Lipinski definition) is 0. The number of fused-ring (bicyclic) bond motifs is 9. The molecule has 0 N–H and O–H groups in total. The van der Waals surface area contributed by atoms with Gasteiger partial charge in [-0.05, 0) is 92.5 Å². The smallest absolute Gasteiger partial charge is 0.143 e. The van der Waals surface area contributed by atoms with E-state index in [0.717, 1.165) is 94.3 Å². The zero-order valence-electron chi connectivity index (χ0n) is 38.1. The molecule has 3 heteroatoms. The molecular formula is C67H43NO2. The van der Waals surface area contributed by atoms with Gasteiger partial charge >= 0.3 is 0 Å². The summed E-state index contributed by atoms with van der Waals surface area (Å²) in [6.45, 7) is 0. The Balaban J connectivity index is 1.02. The third-order valence-electron chi connectivity index (χ3n) is 14.6. The maximum absolute atomic E-state index is 6.81. The molecule has 13 aromatic rings. The summed E-state index contributed by atoms with van der Waals surface area (Å²) in [5.41, 5.74) is 20.0. The Labute approximate surface area is 405 Å². The van der Waals surface area contributed by atoms with Crippen LogP contribution in [0.5, 0.6) is 0 Å². The summed E-state index contributed by atoms with van der Waals surface area (Å²) in [4.78, 5) is 2.44. The van der Waals surface area contributed by atoms with Crippen LogP contribution < -0.4 is 4.90 Å². The molecule has 0 atom stereocenters. The van der Waals surface area contributed by atoms with E-state index in [1.807, 2.05) is 18.2 Å². The Morgan fingerprint density at radius 2 is 0.757 bits per heavy atom. The van der Waals surface area contributed by atoms with E-state index in [0.29, 0.717) is 0 Å². The van der Waals surface area contributed by atoms with E-state index in [-0.39, 0.29) is 0 Å². The third-order valence-corrected chi connectivity index (χ3v) is 14.6. The zero-order valence-corrected chi connectivity index (χ0v) is 38.1. The first-order valence-corrected chi connectivity index (χ1v) is 24.0. The molecule has 1 aliphatic rings. The van der Waals surface area contributed by atoms with Crippen LogP contribution in [0.1, 0.15) is 22.3 Å². The minimum atomic E-state index is -0.715. The van der Waals surface area contributed by atoms with Gasteiger partial charge in [0.2, 0.25) is 0 Å². The molecule has 1 aliphatic carbocycles. The molecule has 328 valence electrons. The monoisotopic (exact) mass is 893 g/mol. The van der Waals surface area contributed by atoms with Crippen molar-refractivity contribution in [3.63, 3.8) is 0 Å². The molecule has 0 bridgehead atoms. The Kier molecular flexibility index (Phi) is 9.11. The average molecular weight is 894 g/mol. The van der Waals surface area contributed by atoms with Gasteiger partial charge < -0.3 is 13.7 Å². The van der Waals surface area contributed by atoms with E-state index in [4.69, 9.17) is 8.83 Å². The van der Waals surface area contributed by atoms with Gasteiger partial charge in [0.1, 0.15) is 22.3 Å².